The van der Waals surface area contributed by atoms with Crippen molar-refractivity contribution in [1.29, 1.82) is 0 Å². The van der Waals surface area contributed by atoms with Crippen molar-refractivity contribution in [2.24, 2.45) is 0 Å². The van der Waals surface area contributed by atoms with Crippen LogP contribution in [0.3, 0.4) is 0 Å². The summed E-state index contributed by atoms with van der Waals surface area (Å²) in [7, 11) is -3.67. The molecule has 2 N–H and O–H groups in total. The molecular weight excluding hydrogens is 420 g/mol. The number of carbonyl (C=O) groups is 2. The number of hydrogen-bond donors (Lipinski definition) is 2. The van der Waals surface area contributed by atoms with Gasteiger partial charge in [-0.25, -0.2) is 18.0 Å². The van der Waals surface area contributed by atoms with Crippen LogP contribution < -0.4 is 5.32 Å². The highest BCUT2D eigenvalue weighted by Crippen LogP contribution is 2.18. The molecule has 8 nitrogen and oxygen atoms in total. The fourth-order valence-electron chi connectivity index (χ4n) is 3.90. The number of nitrogens with one attached hydrogen (secondary N) is 1. The zero-order chi connectivity index (χ0) is 22.9. The van der Waals surface area contributed by atoms with Crippen LogP contribution in [0.25, 0.3) is 0 Å². The SMILES string of the molecule is CCCC(CCC)S(=O)(=O)CC(NC(=O)O[C@@H]1CCN(Cc2ccccc2)C1)C(=O)O. The van der Waals surface area contributed by atoms with Crippen molar-refractivity contribution in [1.82, 2.24) is 10.2 Å². The van der Waals surface area contributed by atoms with Crippen LogP contribution in [0, 0.1) is 0 Å². The monoisotopic (exact) mass is 454 g/mol. The van der Waals surface area contributed by atoms with Gasteiger partial charge >= 0.3 is 12.1 Å². The number of carboxylic acid groups (broad SMARTS) is 1. The predicted molar refractivity (Wildman–Crippen MR) is 119 cm³/mol. The molecule has 1 saturated heterocycles. The number of rotatable bonds is 12. The molecule has 0 saturated carbocycles. The van der Waals surface area contributed by atoms with Gasteiger partial charge in [-0.3, -0.25) is 4.90 Å². The van der Waals surface area contributed by atoms with E-state index < -0.39 is 38.9 Å². The van der Waals surface area contributed by atoms with Crippen molar-refractivity contribution in [3.05, 3.63) is 35.9 Å². The minimum atomic E-state index is -3.67. The van der Waals surface area contributed by atoms with Gasteiger partial charge in [-0.1, -0.05) is 57.0 Å². The molecule has 1 amide bonds. The number of nitrogens with zero attached hydrogens (tertiary/aromatic N) is 1. The summed E-state index contributed by atoms with van der Waals surface area (Å²) in [5.41, 5.74) is 1.16. The van der Waals surface area contributed by atoms with Gasteiger partial charge in [0.25, 0.3) is 0 Å². The second-order valence-electron chi connectivity index (χ2n) is 8.10. The summed E-state index contributed by atoms with van der Waals surface area (Å²) in [4.78, 5) is 26.0. The van der Waals surface area contributed by atoms with Gasteiger partial charge in [-0.05, 0) is 24.8 Å². The Balaban J connectivity index is 1.88. The maximum atomic E-state index is 12.7. The average molecular weight is 455 g/mol. The highest BCUT2D eigenvalue weighted by atomic mass is 32.2. The quantitative estimate of drug-likeness (QED) is 0.499. The first-order valence-corrected chi connectivity index (χ1v) is 12.6. The minimum Gasteiger partial charge on any atom is -0.480 e. The standard InChI is InChI=1S/C22H34N2O6S/c1-3-8-19(9-4-2)31(28,29)16-20(21(25)26)23-22(27)30-18-12-13-24(15-18)14-17-10-6-5-7-11-17/h5-7,10-11,18-20H,3-4,8-9,12-16H2,1-2H3,(H,23,27)(H,25,26)/t18-,20?/m1/s1. The second-order valence-corrected chi connectivity index (χ2v) is 10.4. The Morgan fingerprint density at radius 2 is 1.84 bits per heavy atom. The number of aliphatic carboxylic acids is 1. The van der Waals surface area contributed by atoms with Gasteiger partial charge in [0.05, 0.1) is 11.0 Å². The molecule has 1 unspecified atom stereocenters. The number of likely N-dealkylation sites (tertiary alicyclic amines) is 1. The summed E-state index contributed by atoms with van der Waals surface area (Å²) < 4.78 is 30.8. The van der Waals surface area contributed by atoms with Gasteiger partial charge in [-0.2, -0.15) is 0 Å². The molecule has 2 rings (SSSR count). The number of ether oxygens (including phenoxy) is 1. The fraction of sp³-hybridized carbons (Fsp3) is 0.636. The van der Waals surface area contributed by atoms with E-state index in [1.807, 2.05) is 44.2 Å². The average Bonchev–Trinajstić information content (AvgIpc) is 3.14. The van der Waals surface area contributed by atoms with Gasteiger partial charge in [0, 0.05) is 19.6 Å². The van der Waals surface area contributed by atoms with E-state index in [1.54, 1.807) is 0 Å². The van der Waals surface area contributed by atoms with Crippen molar-refractivity contribution in [2.75, 3.05) is 18.8 Å². The first-order valence-electron chi connectivity index (χ1n) is 10.9. The number of carbonyl (C=O) groups excluding carboxylic acids is 1. The number of sulfone groups is 1. The molecule has 31 heavy (non-hydrogen) atoms. The van der Waals surface area contributed by atoms with E-state index in [9.17, 15) is 23.1 Å². The number of hydrogen-bond acceptors (Lipinski definition) is 6. The lowest BCUT2D eigenvalue weighted by Gasteiger charge is -2.21. The Bertz CT molecular complexity index is 809. The lowest BCUT2D eigenvalue weighted by atomic mass is 10.2. The molecular formula is C22H34N2O6S. The number of alkyl carbamates (subject to hydrolysis) is 1. The molecule has 0 radical (unpaired) electrons. The van der Waals surface area contributed by atoms with Crippen LogP contribution in [-0.4, -0.2) is 66.7 Å². The van der Waals surface area contributed by atoms with E-state index in [1.165, 1.54) is 0 Å². The molecule has 0 bridgehead atoms. The van der Waals surface area contributed by atoms with Crippen LogP contribution >= 0.6 is 0 Å². The summed E-state index contributed by atoms with van der Waals surface area (Å²) in [6.45, 7) is 5.84. The Labute approximate surface area is 184 Å². The molecule has 1 aromatic carbocycles. The first-order chi connectivity index (χ1) is 14.7. The smallest absolute Gasteiger partial charge is 0.408 e. The highest BCUT2D eigenvalue weighted by Gasteiger charge is 2.33. The van der Waals surface area contributed by atoms with E-state index in [-0.39, 0.29) is 6.10 Å². The van der Waals surface area contributed by atoms with Crippen LogP contribution in [0.4, 0.5) is 4.79 Å². The predicted octanol–water partition coefficient (Wildman–Crippen LogP) is 2.82. The molecule has 1 fully saturated rings. The van der Waals surface area contributed by atoms with E-state index in [2.05, 4.69) is 10.2 Å². The van der Waals surface area contributed by atoms with Crippen molar-refractivity contribution in [3.63, 3.8) is 0 Å². The molecule has 174 valence electrons. The van der Waals surface area contributed by atoms with Gasteiger partial charge in [0.15, 0.2) is 9.84 Å². The third-order valence-electron chi connectivity index (χ3n) is 5.47. The minimum absolute atomic E-state index is 0.359. The molecule has 0 spiro atoms. The van der Waals surface area contributed by atoms with Gasteiger partial charge in [-0.15, -0.1) is 0 Å². The summed E-state index contributed by atoms with van der Waals surface area (Å²) in [6.07, 6.45) is 1.74. The van der Waals surface area contributed by atoms with E-state index in [0.717, 1.165) is 18.7 Å². The molecule has 1 heterocycles. The molecule has 1 aliphatic heterocycles. The van der Waals surface area contributed by atoms with Crippen LogP contribution in [0.15, 0.2) is 30.3 Å². The lowest BCUT2D eigenvalue weighted by molar-refractivity contribution is -0.138. The maximum Gasteiger partial charge on any atom is 0.408 e. The number of amides is 1. The highest BCUT2D eigenvalue weighted by molar-refractivity contribution is 7.92. The van der Waals surface area contributed by atoms with Crippen LogP contribution in [0.1, 0.15) is 51.5 Å². The third kappa shape index (κ3) is 8.14. The Hall–Kier alpha value is -2.13. The summed E-state index contributed by atoms with van der Waals surface area (Å²) in [5.74, 6) is -2.02. The molecule has 0 aromatic heterocycles. The molecule has 1 aliphatic rings. The number of benzene rings is 1. The van der Waals surface area contributed by atoms with Crippen LogP contribution in [0.5, 0.6) is 0 Å². The zero-order valence-electron chi connectivity index (χ0n) is 18.3. The van der Waals surface area contributed by atoms with Crippen molar-refractivity contribution >= 4 is 21.9 Å². The first kappa shape index (κ1) is 25.1. The Kier molecular flexibility index (Phi) is 9.77. The Morgan fingerprint density at radius 1 is 1.19 bits per heavy atom. The largest absolute Gasteiger partial charge is 0.480 e. The molecule has 2 atom stereocenters. The van der Waals surface area contributed by atoms with Crippen LogP contribution in [-0.2, 0) is 25.9 Å². The zero-order valence-corrected chi connectivity index (χ0v) is 19.1. The summed E-state index contributed by atoms with van der Waals surface area (Å²) >= 11 is 0. The second kappa shape index (κ2) is 12.0. The van der Waals surface area contributed by atoms with Gasteiger partial charge < -0.3 is 15.2 Å². The van der Waals surface area contributed by atoms with Crippen LogP contribution in [0.2, 0.25) is 0 Å². The lowest BCUT2D eigenvalue weighted by Crippen LogP contribution is -2.48. The maximum absolute atomic E-state index is 12.7. The summed E-state index contributed by atoms with van der Waals surface area (Å²) in [6, 6.07) is 8.43. The van der Waals surface area contributed by atoms with Crippen molar-refractivity contribution in [3.8, 4) is 0 Å². The molecule has 1 aromatic rings. The molecule has 9 heteroatoms. The summed E-state index contributed by atoms with van der Waals surface area (Å²) in [5, 5.41) is 11.1. The molecule has 0 aliphatic carbocycles. The number of carboxylic acids is 1. The topological polar surface area (TPSA) is 113 Å². The normalized spacial score (nSPS) is 18.1. The van der Waals surface area contributed by atoms with Gasteiger partial charge in [0.2, 0.25) is 0 Å². The van der Waals surface area contributed by atoms with E-state index >= 15 is 0 Å². The van der Waals surface area contributed by atoms with E-state index in [0.29, 0.717) is 38.6 Å². The third-order valence-corrected chi connectivity index (χ3v) is 7.76. The Morgan fingerprint density at radius 3 is 2.42 bits per heavy atom. The van der Waals surface area contributed by atoms with Crippen molar-refractivity contribution in [2.45, 2.75) is 69.9 Å². The van der Waals surface area contributed by atoms with Gasteiger partial charge in [0.1, 0.15) is 12.1 Å². The van der Waals surface area contributed by atoms with E-state index in [4.69, 9.17) is 4.74 Å². The fourth-order valence-corrected chi connectivity index (χ4v) is 6.05. The van der Waals surface area contributed by atoms with Crippen molar-refractivity contribution < 1.29 is 27.9 Å².